The minimum absolute atomic E-state index is 0.0694. The number of anilines is 1. The molecule has 0 radical (unpaired) electrons. The van der Waals surface area contributed by atoms with E-state index >= 15 is 0 Å². The van der Waals surface area contributed by atoms with Gasteiger partial charge in [0.15, 0.2) is 11.5 Å². The third kappa shape index (κ3) is 10.0. The number of benzene rings is 2. The van der Waals surface area contributed by atoms with Gasteiger partial charge in [0.1, 0.15) is 24.8 Å². The Morgan fingerprint density at radius 2 is 1.81 bits per heavy atom. The summed E-state index contributed by atoms with van der Waals surface area (Å²) in [7, 11) is -1.06. The molecule has 1 aliphatic rings. The maximum absolute atomic E-state index is 13.9. The fourth-order valence-electron chi connectivity index (χ4n) is 5.63. The van der Waals surface area contributed by atoms with Crippen LogP contribution in [-0.2, 0) is 35.0 Å². The van der Waals surface area contributed by atoms with E-state index in [4.69, 9.17) is 23.5 Å². The summed E-state index contributed by atoms with van der Waals surface area (Å²) >= 11 is 0. The molecular weight excluding hydrogens is 712 g/mol. The maximum Gasteiger partial charge on any atom is 0.410 e. The summed E-state index contributed by atoms with van der Waals surface area (Å²) in [5.74, 6) is -1.53. The van der Waals surface area contributed by atoms with Crippen molar-refractivity contribution in [2.45, 2.75) is 47.3 Å². The average Bonchev–Trinajstić information content (AvgIpc) is 3.58. The highest BCUT2D eigenvalue weighted by Gasteiger charge is 2.32. The third-order valence-electron chi connectivity index (χ3n) is 8.23. The Labute approximate surface area is 307 Å². The second-order valence-corrected chi connectivity index (χ2v) is 14.1. The van der Waals surface area contributed by atoms with Gasteiger partial charge in [-0.25, -0.2) is 14.3 Å². The smallest absolute Gasteiger partial charge is 0.410 e. The van der Waals surface area contributed by atoms with Crippen molar-refractivity contribution in [3.05, 3.63) is 75.9 Å². The van der Waals surface area contributed by atoms with Gasteiger partial charge in [0.2, 0.25) is 0 Å². The van der Waals surface area contributed by atoms with Crippen molar-refractivity contribution in [2.24, 2.45) is 0 Å². The largest absolute Gasteiger partial charge is 0.493 e. The number of esters is 1. The van der Waals surface area contributed by atoms with E-state index in [1.54, 1.807) is 45.9 Å². The van der Waals surface area contributed by atoms with Gasteiger partial charge in [-0.15, -0.1) is 0 Å². The zero-order chi connectivity index (χ0) is 38.9. The van der Waals surface area contributed by atoms with Crippen molar-refractivity contribution in [3.8, 4) is 11.5 Å². The molecule has 0 saturated heterocycles. The van der Waals surface area contributed by atoms with Crippen molar-refractivity contribution in [1.29, 1.82) is 0 Å². The Hall–Kier alpha value is -5.18. The zero-order valence-corrected chi connectivity index (χ0v) is 31.6. The molecule has 0 spiro atoms. The number of nitrogens with one attached hydrogen (secondary N) is 4. The second-order valence-electron chi connectivity index (χ2n) is 12.0. The summed E-state index contributed by atoms with van der Waals surface area (Å²) < 4.78 is 54.3. The summed E-state index contributed by atoms with van der Waals surface area (Å²) in [6, 6.07) is 7.80. The summed E-state index contributed by atoms with van der Waals surface area (Å²) in [6.07, 6.45) is 0.595. The van der Waals surface area contributed by atoms with E-state index in [-0.39, 0.29) is 61.5 Å². The van der Waals surface area contributed by atoms with Gasteiger partial charge in [0.25, 0.3) is 11.8 Å². The lowest BCUT2D eigenvalue weighted by molar-refractivity contribution is -0.144. The first-order valence-electron chi connectivity index (χ1n) is 16.8. The SMILES string of the molecule is CCOC(=O)C(C)NP(=O)(COC)Oc1cc(COC(=O)N(CC)CCNC(=O)c2c(C)[nH]c(/C=C3\C(=O)Nc4ccc(F)cc43)c2C)ccc1OC. The van der Waals surface area contributed by atoms with E-state index in [1.165, 1.54) is 50.3 Å². The fraction of sp³-hybridized carbons (Fsp3) is 0.389. The number of hydrogen-bond donors (Lipinski definition) is 4. The van der Waals surface area contributed by atoms with Crippen LogP contribution in [0.3, 0.4) is 0 Å². The standard InChI is InChI=1S/C36H45FN5O10P/c1-8-42(15-14-38-34(44)32-21(3)29(39-22(32)4)18-27-26-17-25(37)11-12-28(26)40-33(27)43)36(46)51-19-24-10-13-30(49-7)31(16-24)52-53(47,20-48-6)41-23(5)35(45)50-9-2/h10-13,16-18,23,39H,8-9,14-15,19-20H2,1-7H3,(H,38,44)(H,40,43)(H,41,47)/b27-18-. The van der Waals surface area contributed by atoms with Gasteiger partial charge in [-0.05, 0) is 82.2 Å². The van der Waals surface area contributed by atoms with Gasteiger partial charge in [-0.3, -0.25) is 18.9 Å². The molecule has 2 unspecified atom stereocenters. The summed E-state index contributed by atoms with van der Waals surface area (Å²) in [5, 5.41) is 8.21. The van der Waals surface area contributed by atoms with Crippen LogP contribution in [0.15, 0.2) is 36.4 Å². The number of halogens is 1. The predicted molar refractivity (Wildman–Crippen MR) is 195 cm³/mol. The van der Waals surface area contributed by atoms with E-state index in [0.717, 1.165) is 0 Å². The number of likely N-dealkylation sites (N-methyl/N-ethyl adjacent to an activating group) is 1. The highest BCUT2D eigenvalue weighted by molar-refractivity contribution is 7.57. The molecule has 4 N–H and O–H groups in total. The summed E-state index contributed by atoms with van der Waals surface area (Å²) in [6.45, 7) is 8.92. The van der Waals surface area contributed by atoms with Crippen molar-refractivity contribution in [2.75, 3.05) is 52.1 Å². The molecule has 286 valence electrons. The second kappa shape index (κ2) is 18.0. The van der Waals surface area contributed by atoms with E-state index in [9.17, 15) is 28.1 Å². The molecule has 2 heterocycles. The Morgan fingerprint density at radius 1 is 1.06 bits per heavy atom. The lowest BCUT2D eigenvalue weighted by Gasteiger charge is -2.24. The van der Waals surface area contributed by atoms with Crippen LogP contribution >= 0.6 is 7.52 Å². The average molecular weight is 758 g/mol. The number of rotatable bonds is 17. The van der Waals surface area contributed by atoms with Gasteiger partial charge in [-0.2, -0.15) is 0 Å². The lowest BCUT2D eigenvalue weighted by atomic mass is 10.0. The van der Waals surface area contributed by atoms with Gasteiger partial charge in [0.05, 0.1) is 24.9 Å². The number of fused-ring (bicyclic) bond motifs is 1. The Balaban J connectivity index is 1.36. The number of aryl methyl sites for hydroxylation is 1. The molecule has 4 rings (SSSR count). The van der Waals surface area contributed by atoms with Crippen LogP contribution in [0.1, 0.15) is 59.2 Å². The van der Waals surface area contributed by atoms with Crippen LogP contribution in [0.25, 0.3) is 11.6 Å². The number of methoxy groups -OCH3 is 2. The highest BCUT2D eigenvalue weighted by atomic mass is 31.2. The molecule has 2 aromatic carbocycles. The van der Waals surface area contributed by atoms with Gasteiger partial charge in [-0.1, -0.05) is 6.07 Å². The Morgan fingerprint density at radius 3 is 2.49 bits per heavy atom. The third-order valence-corrected chi connectivity index (χ3v) is 10.1. The molecule has 0 saturated carbocycles. The first-order chi connectivity index (χ1) is 25.2. The van der Waals surface area contributed by atoms with E-state index in [0.29, 0.717) is 45.9 Å². The van der Waals surface area contributed by atoms with Crippen LogP contribution in [0.4, 0.5) is 14.9 Å². The molecule has 0 bridgehead atoms. The number of H-pyrrole nitrogens is 1. The van der Waals surface area contributed by atoms with E-state index < -0.39 is 31.4 Å². The number of carbonyl (C=O) groups is 4. The number of hydrogen-bond acceptors (Lipinski definition) is 10. The Bertz CT molecular complexity index is 1930. The van der Waals surface area contributed by atoms with Crippen LogP contribution < -0.4 is 25.0 Å². The predicted octanol–water partition coefficient (Wildman–Crippen LogP) is 5.38. The molecule has 1 aliphatic heterocycles. The molecule has 3 amide bonds. The quantitative estimate of drug-likeness (QED) is 0.0787. The topological polar surface area (TPSA) is 187 Å². The highest BCUT2D eigenvalue weighted by Crippen LogP contribution is 2.46. The van der Waals surface area contributed by atoms with Gasteiger partial charge < -0.3 is 44.0 Å². The molecule has 3 aromatic rings. The fourth-order valence-corrected chi connectivity index (χ4v) is 7.31. The van der Waals surface area contributed by atoms with Gasteiger partial charge >= 0.3 is 19.6 Å². The van der Waals surface area contributed by atoms with Crippen LogP contribution in [0, 0.1) is 19.7 Å². The first kappa shape index (κ1) is 40.6. The molecule has 0 aliphatic carbocycles. The molecule has 0 fully saturated rings. The maximum atomic E-state index is 13.9. The number of nitrogens with zero attached hydrogens (tertiary/aromatic N) is 1. The van der Waals surface area contributed by atoms with E-state index in [2.05, 4.69) is 20.7 Å². The lowest BCUT2D eigenvalue weighted by Crippen LogP contribution is -2.38. The van der Waals surface area contributed by atoms with Crippen molar-refractivity contribution in [3.63, 3.8) is 0 Å². The number of carbonyl (C=O) groups excluding carboxylic acids is 4. The molecule has 2 atom stereocenters. The van der Waals surface area contributed by atoms with Crippen molar-refractivity contribution >= 4 is 48.7 Å². The normalized spacial score (nSPS) is 14.5. The minimum atomic E-state index is -3.80. The zero-order valence-electron chi connectivity index (χ0n) is 30.7. The van der Waals surface area contributed by atoms with E-state index in [1.807, 2.05) is 0 Å². The molecule has 17 heteroatoms. The number of amides is 3. The number of ether oxygens (including phenoxy) is 4. The molecule has 1 aromatic heterocycles. The van der Waals surface area contributed by atoms with Crippen molar-refractivity contribution in [1.82, 2.24) is 20.3 Å². The van der Waals surface area contributed by atoms with Gasteiger partial charge in [0, 0.05) is 49.4 Å². The Kier molecular flexibility index (Phi) is 13.8. The van der Waals surface area contributed by atoms with Crippen LogP contribution in [0.2, 0.25) is 0 Å². The summed E-state index contributed by atoms with van der Waals surface area (Å²) in [5.41, 5.74) is 3.80. The first-order valence-corrected chi connectivity index (χ1v) is 18.7. The minimum Gasteiger partial charge on any atom is -0.493 e. The summed E-state index contributed by atoms with van der Waals surface area (Å²) in [4.78, 5) is 55.6. The molecular formula is C36H45FN5O10P. The monoisotopic (exact) mass is 757 g/mol. The molecule has 15 nitrogen and oxygen atoms in total. The number of aromatic amines is 1. The number of aromatic nitrogens is 1. The molecule has 53 heavy (non-hydrogen) atoms. The van der Waals surface area contributed by atoms with Crippen LogP contribution in [-0.4, -0.2) is 86.6 Å². The van der Waals surface area contributed by atoms with Crippen LogP contribution in [0.5, 0.6) is 11.5 Å². The van der Waals surface area contributed by atoms with Crippen molar-refractivity contribution < 1.29 is 51.6 Å².